The van der Waals surface area contributed by atoms with Crippen molar-refractivity contribution in [3.05, 3.63) is 72.0 Å². The number of allylic oxidation sites excluding steroid dienone is 2. The van der Waals surface area contributed by atoms with Crippen molar-refractivity contribution in [2.24, 2.45) is 17.7 Å². The van der Waals surface area contributed by atoms with Crippen molar-refractivity contribution >= 4 is 12.0 Å². The number of nitrogens with two attached hydrogens (primary N) is 1. The van der Waals surface area contributed by atoms with Crippen LogP contribution in [-0.2, 0) is 11.2 Å². The van der Waals surface area contributed by atoms with Crippen molar-refractivity contribution in [3.8, 4) is 0 Å². The summed E-state index contributed by atoms with van der Waals surface area (Å²) < 4.78 is 42.1. The summed E-state index contributed by atoms with van der Waals surface area (Å²) in [5, 5.41) is 10.0. The summed E-state index contributed by atoms with van der Waals surface area (Å²) in [7, 11) is 0. The molecule has 3 fully saturated rings. The van der Waals surface area contributed by atoms with Gasteiger partial charge in [-0.1, -0.05) is 54.6 Å². The fourth-order valence-corrected chi connectivity index (χ4v) is 7.84. The molecule has 2 amide bonds. The number of hydrogen-bond donors (Lipinski definition) is 2. The Bertz CT molecular complexity index is 1290. The number of amides is 2. The summed E-state index contributed by atoms with van der Waals surface area (Å²) in [6, 6.07) is 9.81. The molecule has 5 atom stereocenters. The third kappa shape index (κ3) is 7.47. The molecule has 1 spiro atoms. The zero-order valence-electron chi connectivity index (χ0n) is 26.2. The highest BCUT2D eigenvalue weighted by Crippen LogP contribution is 2.42. The number of hydrazine groups is 1. The number of halogens is 3. The van der Waals surface area contributed by atoms with Gasteiger partial charge in [-0.3, -0.25) is 14.6 Å². The van der Waals surface area contributed by atoms with E-state index in [-0.39, 0.29) is 35.6 Å². The second-order valence-corrected chi connectivity index (χ2v) is 13.3. The van der Waals surface area contributed by atoms with Crippen molar-refractivity contribution in [2.45, 2.75) is 88.6 Å². The van der Waals surface area contributed by atoms with Crippen LogP contribution in [-0.4, -0.2) is 92.8 Å². The normalized spacial score (nSPS) is 28.1. The molecular weight excluding hydrogens is 583 g/mol. The van der Waals surface area contributed by atoms with Crippen LogP contribution in [0.25, 0.3) is 0 Å². The molecule has 1 aromatic rings. The molecule has 5 rings (SSSR count). The van der Waals surface area contributed by atoms with Crippen LogP contribution >= 0.6 is 0 Å². The van der Waals surface area contributed by atoms with Gasteiger partial charge in [0.05, 0.1) is 11.5 Å². The number of aliphatic carboxylic acids is 1. The summed E-state index contributed by atoms with van der Waals surface area (Å²) in [6.45, 7) is 6.21. The summed E-state index contributed by atoms with van der Waals surface area (Å²) in [5.74, 6) is 4.08. The molecule has 1 aromatic carbocycles. The zero-order valence-corrected chi connectivity index (χ0v) is 26.2. The minimum atomic E-state index is -4.40. The van der Waals surface area contributed by atoms with E-state index in [0.717, 1.165) is 56.5 Å². The van der Waals surface area contributed by atoms with Crippen LogP contribution in [0, 0.1) is 11.8 Å². The van der Waals surface area contributed by atoms with Crippen LogP contribution in [0.2, 0.25) is 0 Å². The Labute approximate surface area is 264 Å². The smallest absolute Gasteiger partial charge is 0.416 e. The largest absolute Gasteiger partial charge is 0.481 e. The van der Waals surface area contributed by atoms with Gasteiger partial charge in [0.2, 0.25) is 0 Å². The number of likely N-dealkylation sites (tertiary alicyclic amines) is 3. The molecule has 0 bridgehead atoms. The highest BCUT2D eigenvalue weighted by Gasteiger charge is 2.47. The van der Waals surface area contributed by atoms with Gasteiger partial charge in [0.25, 0.3) is 0 Å². The van der Waals surface area contributed by atoms with E-state index in [0.29, 0.717) is 19.6 Å². The van der Waals surface area contributed by atoms with Gasteiger partial charge in [-0.15, -0.1) is 0 Å². The average molecular weight is 630 g/mol. The van der Waals surface area contributed by atoms with Crippen molar-refractivity contribution in [1.82, 2.24) is 19.7 Å². The third-order valence-corrected chi connectivity index (χ3v) is 10.4. The van der Waals surface area contributed by atoms with Crippen molar-refractivity contribution in [1.29, 1.82) is 0 Å². The molecular formula is C34H46F3N5O3. The zero-order chi connectivity index (χ0) is 32.4. The molecule has 3 N–H and O–H groups in total. The first kappa shape index (κ1) is 33.2. The fourth-order valence-electron chi connectivity index (χ4n) is 7.84. The van der Waals surface area contributed by atoms with E-state index in [1.807, 2.05) is 18.2 Å². The third-order valence-electron chi connectivity index (χ3n) is 10.4. The molecule has 0 saturated carbocycles. The summed E-state index contributed by atoms with van der Waals surface area (Å²) in [5.41, 5.74) is 0.519. The number of carbonyl (C=O) groups is 2. The molecule has 11 heteroatoms. The van der Waals surface area contributed by atoms with Gasteiger partial charge in [0.1, 0.15) is 0 Å². The Morgan fingerprint density at radius 3 is 2.51 bits per heavy atom. The van der Waals surface area contributed by atoms with Crippen molar-refractivity contribution in [3.63, 3.8) is 0 Å². The number of hydrogen-bond acceptors (Lipinski definition) is 5. The van der Waals surface area contributed by atoms with E-state index >= 15 is 0 Å². The topological polar surface area (TPSA) is 93.4 Å². The molecule has 45 heavy (non-hydrogen) atoms. The minimum absolute atomic E-state index is 0.0922. The maximum Gasteiger partial charge on any atom is 0.416 e. The van der Waals surface area contributed by atoms with E-state index in [4.69, 9.17) is 10.9 Å². The second kappa shape index (κ2) is 13.7. The molecule has 0 radical (unpaired) electrons. The number of rotatable bonds is 8. The predicted octanol–water partition coefficient (Wildman–Crippen LogP) is 5.59. The Morgan fingerprint density at radius 2 is 1.84 bits per heavy atom. The average Bonchev–Trinajstić information content (AvgIpc) is 3.57. The van der Waals surface area contributed by atoms with E-state index in [9.17, 15) is 22.8 Å². The van der Waals surface area contributed by atoms with Gasteiger partial charge in [-0.2, -0.15) is 13.2 Å². The lowest BCUT2D eigenvalue weighted by molar-refractivity contribution is -0.139. The quantitative estimate of drug-likeness (QED) is 0.222. The summed E-state index contributed by atoms with van der Waals surface area (Å²) >= 11 is 0. The highest BCUT2D eigenvalue weighted by atomic mass is 19.4. The molecule has 246 valence electrons. The molecule has 3 aliphatic heterocycles. The molecule has 8 nitrogen and oxygen atoms in total. The van der Waals surface area contributed by atoms with Crippen molar-refractivity contribution in [2.75, 3.05) is 26.2 Å². The number of carbonyl (C=O) groups excluding carboxylic acids is 1. The van der Waals surface area contributed by atoms with Gasteiger partial charge in [0, 0.05) is 55.4 Å². The van der Waals surface area contributed by atoms with Crippen LogP contribution in [0.1, 0.15) is 57.9 Å². The molecule has 1 aliphatic carbocycles. The first-order valence-electron chi connectivity index (χ1n) is 16.2. The van der Waals surface area contributed by atoms with E-state index in [1.165, 1.54) is 36.9 Å². The number of alkyl halides is 3. The van der Waals surface area contributed by atoms with Crippen LogP contribution < -0.4 is 5.84 Å². The first-order valence-corrected chi connectivity index (χ1v) is 16.2. The molecule has 3 heterocycles. The van der Waals surface area contributed by atoms with E-state index in [2.05, 4.69) is 28.9 Å². The predicted molar refractivity (Wildman–Crippen MR) is 167 cm³/mol. The molecule has 3 saturated heterocycles. The number of carboxylic acid groups (broad SMARTS) is 1. The van der Waals surface area contributed by atoms with E-state index in [1.54, 1.807) is 11.0 Å². The second-order valence-electron chi connectivity index (χ2n) is 13.3. The summed E-state index contributed by atoms with van der Waals surface area (Å²) in [4.78, 5) is 30.6. The number of piperidine rings is 1. The Balaban J connectivity index is 1.30. The first-order chi connectivity index (χ1) is 21.4. The molecule has 4 aliphatic rings. The summed E-state index contributed by atoms with van der Waals surface area (Å²) in [6.07, 6.45) is 9.04. The lowest BCUT2D eigenvalue weighted by Crippen LogP contribution is -2.57. The minimum Gasteiger partial charge on any atom is -0.481 e. The standard InChI is InChI=1S/C34H46F3N5O3/c1-24(31(43)44)13-18-41(38)32(45)39-19-15-33(16-20-39)14-6-17-40(33)23-27-10-11-28(34(35,36)37)22-30(27)42-25(2)9-12-29(42)21-26-7-4-3-5-8-26/h3-5,7-8,10-11,13,18,22,24-25,27,29-30H,6,9,12,14-17,19-21,23,38H2,1-2H3,(H,43,44)/b18-13-/t24?,25-,27?,29+,30?/m0/s1. The van der Waals surface area contributed by atoms with Gasteiger partial charge < -0.3 is 10.0 Å². The number of benzene rings is 1. The van der Waals surface area contributed by atoms with Crippen LogP contribution in [0.3, 0.4) is 0 Å². The Morgan fingerprint density at radius 1 is 1.13 bits per heavy atom. The van der Waals surface area contributed by atoms with Gasteiger partial charge in [0.15, 0.2) is 0 Å². The fraction of sp³-hybridized carbons (Fsp3) is 0.588. The molecule has 3 unspecified atom stereocenters. The van der Waals surface area contributed by atoms with Gasteiger partial charge in [-0.25, -0.2) is 15.6 Å². The van der Waals surface area contributed by atoms with Gasteiger partial charge in [-0.05, 0) is 70.9 Å². The Hall–Kier alpha value is -3.15. The van der Waals surface area contributed by atoms with Crippen LogP contribution in [0.15, 0.2) is 66.4 Å². The monoisotopic (exact) mass is 629 g/mol. The number of carboxylic acids is 1. The highest BCUT2D eigenvalue weighted by molar-refractivity contribution is 5.75. The maximum absolute atomic E-state index is 14.0. The number of nitrogens with zero attached hydrogens (tertiary/aromatic N) is 4. The SMILES string of the molecule is CC(/C=C\N(N)C(=O)N1CCC2(CCCN2CC2C=CC(C(F)(F)F)=CC2N2[C@@H](Cc3ccccc3)CC[C@@H]2C)CC1)C(=O)O. The van der Waals surface area contributed by atoms with Crippen molar-refractivity contribution < 1.29 is 27.9 Å². The Kier molecular flexibility index (Phi) is 10.1. The van der Waals surface area contributed by atoms with Gasteiger partial charge >= 0.3 is 18.2 Å². The van der Waals surface area contributed by atoms with E-state index < -0.39 is 23.6 Å². The number of urea groups is 1. The molecule has 0 aromatic heterocycles. The van der Waals surface area contributed by atoms with Crippen LogP contribution in [0.5, 0.6) is 0 Å². The lowest BCUT2D eigenvalue weighted by Gasteiger charge is -2.48. The maximum atomic E-state index is 14.0. The lowest BCUT2D eigenvalue weighted by atomic mass is 9.83. The van der Waals surface area contributed by atoms with Crippen LogP contribution in [0.4, 0.5) is 18.0 Å².